The lowest BCUT2D eigenvalue weighted by atomic mass is 10.0. The molecule has 1 aliphatic heterocycles. The molecule has 24 heavy (non-hydrogen) atoms. The first-order chi connectivity index (χ1) is 11.5. The topological polar surface area (TPSA) is 60.3 Å². The maximum atomic E-state index is 12.9. The molecule has 0 aliphatic carbocycles. The SMILES string of the molecule is COc1cc(=O)n2c(c1C(=O)Nc1cc(C)ccc1C)CCCC2. The Hall–Kier alpha value is -2.56. The lowest BCUT2D eigenvalue weighted by molar-refractivity contribution is 0.102. The van der Waals surface area contributed by atoms with Crippen LogP contribution in [0.15, 0.2) is 29.1 Å². The molecule has 3 rings (SSSR count). The van der Waals surface area contributed by atoms with E-state index in [1.165, 1.54) is 13.2 Å². The number of amides is 1. The minimum atomic E-state index is -0.230. The Morgan fingerprint density at radius 1 is 1.21 bits per heavy atom. The lowest BCUT2D eigenvalue weighted by Gasteiger charge is -2.23. The first-order valence-electron chi connectivity index (χ1n) is 8.20. The number of hydrogen-bond donors (Lipinski definition) is 1. The largest absolute Gasteiger partial charge is 0.496 e. The Balaban J connectivity index is 2.06. The summed E-state index contributed by atoms with van der Waals surface area (Å²) in [5.41, 5.74) is 3.99. The molecule has 5 heteroatoms. The fraction of sp³-hybridized carbons (Fsp3) is 0.368. The number of methoxy groups -OCH3 is 1. The average molecular weight is 326 g/mol. The Bertz CT molecular complexity index is 852. The number of ether oxygens (including phenoxy) is 1. The highest BCUT2D eigenvalue weighted by molar-refractivity contribution is 6.07. The normalized spacial score (nSPS) is 13.3. The van der Waals surface area contributed by atoms with E-state index in [0.717, 1.165) is 35.3 Å². The van der Waals surface area contributed by atoms with Crippen molar-refractivity contribution in [3.63, 3.8) is 0 Å². The maximum absolute atomic E-state index is 12.9. The third kappa shape index (κ3) is 2.94. The summed E-state index contributed by atoms with van der Waals surface area (Å²) >= 11 is 0. The average Bonchev–Trinajstić information content (AvgIpc) is 2.58. The zero-order valence-corrected chi connectivity index (χ0v) is 14.3. The van der Waals surface area contributed by atoms with Gasteiger partial charge in [-0.3, -0.25) is 9.59 Å². The number of fused-ring (bicyclic) bond motifs is 1. The van der Waals surface area contributed by atoms with Crippen LogP contribution in [0.4, 0.5) is 5.69 Å². The van der Waals surface area contributed by atoms with Crippen molar-refractivity contribution in [3.05, 3.63) is 57.0 Å². The molecule has 0 atom stereocenters. The van der Waals surface area contributed by atoms with E-state index in [1.807, 2.05) is 32.0 Å². The second kappa shape index (κ2) is 6.51. The van der Waals surface area contributed by atoms with E-state index >= 15 is 0 Å². The van der Waals surface area contributed by atoms with Gasteiger partial charge in [0.1, 0.15) is 11.3 Å². The van der Waals surface area contributed by atoms with Crippen molar-refractivity contribution in [1.29, 1.82) is 0 Å². The number of hydrogen-bond acceptors (Lipinski definition) is 3. The Morgan fingerprint density at radius 2 is 2.00 bits per heavy atom. The highest BCUT2D eigenvalue weighted by Crippen LogP contribution is 2.27. The van der Waals surface area contributed by atoms with Crippen LogP contribution in [0, 0.1) is 13.8 Å². The van der Waals surface area contributed by atoms with Gasteiger partial charge in [0, 0.05) is 24.0 Å². The molecule has 5 nitrogen and oxygen atoms in total. The van der Waals surface area contributed by atoms with Gasteiger partial charge in [-0.1, -0.05) is 12.1 Å². The molecule has 1 aromatic heterocycles. The van der Waals surface area contributed by atoms with Crippen LogP contribution in [0.2, 0.25) is 0 Å². The molecule has 1 aliphatic rings. The minimum absolute atomic E-state index is 0.107. The van der Waals surface area contributed by atoms with Crippen LogP contribution in [-0.2, 0) is 13.0 Å². The number of aromatic nitrogens is 1. The van der Waals surface area contributed by atoms with Gasteiger partial charge in [-0.25, -0.2) is 0 Å². The van der Waals surface area contributed by atoms with Gasteiger partial charge in [0.15, 0.2) is 0 Å². The Morgan fingerprint density at radius 3 is 2.75 bits per heavy atom. The lowest BCUT2D eigenvalue weighted by Crippen LogP contribution is -2.30. The molecule has 0 saturated heterocycles. The molecule has 2 heterocycles. The molecule has 1 amide bonds. The van der Waals surface area contributed by atoms with Crippen LogP contribution in [0.1, 0.15) is 40.0 Å². The molecule has 0 spiro atoms. The van der Waals surface area contributed by atoms with Crippen molar-refractivity contribution >= 4 is 11.6 Å². The summed E-state index contributed by atoms with van der Waals surface area (Å²) in [5, 5.41) is 2.98. The number of pyridine rings is 1. The van der Waals surface area contributed by atoms with Crippen molar-refractivity contribution in [2.24, 2.45) is 0 Å². The fourth-order valence-electron chi connectivity index (χ4n) is 3.20. The minimum Gasteiger partial charge on any atom is -0.496 e. The van der Waals surface area contributed by atoms with Crippen molar-refractivity contribution in [1.82, 2.24) is 4.57 Å². The third-order valence-corrected chi connectivity index (χ3v) is 4.51. The summed E-state index contributed by atoms with van der Waals surface area (Å²) in [5.74, 6) is 0.113. The molecule has 1 N–H and O–H groups in total. The first-order valence-corrected chi connectivity index (χ1v) is 8.20. The molecule has 0 fully saturated rings. The first kappa shape index (κ1) is 16.3. The van der Waals surface area contributed by atoms with Gasteiger partial charge in [0.2, 0.25) is 0 Å². The standard InChI is InChI=1S/C19H22N2O3/c1-12-7-8-13(2)14(10-12)20-19(23)18-15-6-4-5-9-21(15)17(22)11-16(18)24-3/h7-8,10-11H,4-6,9H2,1-3H3,(H,20,23). The summed E-state index contributed by atoms with van der Waals surface area (Å²) in [6, 6.07) is 7.34. The smallest absolute Gasteiger partial charge is 0.261 e. The highest BCUT2D eigenvalue weighted by Gasteiger charge is 2.24. The summed E-state index contributed by atoms with van der Waals surface area (Å²) < 4.78 is 7.03. The van der Waals surface area contributed by atoms with Crippen molar-refractivity contribution in [2.45, 2.75) is 39.7 Å². The molecule has 0 saturated carbocycles. The highest BCUT2D eigenvalue weighted by atomic mass is 16.5. The van der Waals surface area contributed by atoms with E-state index in [9.17, 15) is 9.59 Å². The van der Waals surface area contributed by atoms with Gasteiger partial charge < -0.3 is 14.6 Å². The molecule has 0 bridgehead atoms. The molecule has 126 valence electrons. The van der Waals surface area contributed by atoms with Crippen LogP contribution in [0.25, 0.3) is 0 Å². The predicted octanol–water partition coefficient (Wildman–Crippen LogP) is 3.06. The van der Waals surface area contributed by atoms with E-state index < -0.39 is 0 Å². The van der Waals surface area contributed by atoms with Crippen LogP contribution in [0.5, 0.6) is 5.75 Å². The second-order valence-corrected chi connectivity index (χ2v) is 6.25. The second-order valence-electron chi connectivity index (χ2n) is 6.25. The Kier molecular flexibility index (Phi) is 4.42. The number of anilines is 1. The molecule has 0 radical (unpaired) electrons. The number of rotatable bonds is 3. The van der Waals surface area contributed by atoms with E-state index in [4.69, 9.17) is 4.74 Å². The van der Waals surface area contributed by atoms with Gasteiger partial charge >= 0.3 is 0 Å². The van der Waals surface area contributed by atoms with E-state index in [0.29, 0.717) is 24.3 Å². The van der Waals surface area contributed by atoms with Gasteiger partial charge in [-0.05, 0) is 50.3 Å². The summed E-state index contributed by atoms with van der Waals surface area (Å²) in [4.78, 5) is 25.2. The van der Waals surface area contributed by atoms with Crippen molar-refractivity contribution in [3.8, 4) is 5.75 Å². The number of carbonyl (C=O) groups is 1. The fourth-order valence-corrected chi connectivity index (χ4v) is 3.20. The van der Waals surface area contributed by atoms with Crippen LogP contribution in [0.3, 0.4) is 0 Å². The number of carbonyl (C=O) groups excluding carboxylic acids is 1. The Labute approximate surface area is 141 Å². The molecule has 0 unspecified atom stereocenters. The summed E-state index contributed by atoms with van der Waals surface area (Å²) in [7, 11) is 1.49. The number of aryl methyl sites for hydroxylation is 2. The number of nitrogens with one attached hydrogen (secondary N) is 1. The summed E-state index contributed by atoms with van der Waals surface area (Å²) in [6.07, 6.45) is 2.63. The summed E-state index contributed by atoms with van der Waals surface area (Å²) in [6.45, 7) is 4.60. The molecule has 2 aromatic rings. The van der Waals surface area contributed by atoms with Gasteiger partial charge in [0.05, 0.1) is 7.11 Å². The van der Waals surface area contributed by atoms with Gasteiger partial charge in [-0.15, -0.1) is 0 Å². The zero-order chi connectivity index (χ0) is 17.3. The van der Waals surface area contributed by atoms with E-state index in [-0.39, 0.29) is 11.5 Å². The molecular formula is C19H22N2O3. The third-order valence-electron chi connectivity index (χ3n) is 4.51. The van der Waals surface area contributed by atoms with Crippen molar-refractivity contribution < 1.29 is 9.53 Å². The monoisotopic (exact) mass is 326 g/mol. The number of nitrogens with zero attached hydrogens (tertiary/aromatic N) is 1. The zero-order valence-electron chi connectivity index (χ0n) is 14.3. The van der Waals surface area contributed by atoms with E-state index in [1.54, 1.807) is 4.57 Å². The molecular weight excluding hydrogens is 304 g/mol. The van der Waals surface area contributed by atoms with Gasteiger partial charge in [-0.2, -0.15) is 0 Å². The number of benzene rings is 1. The van der Waals surface area contributed by atoms with Crippen LogP contribution in [-0.4, -0.2) is 17.6 Å². The van der Waals surface area contributed by atoms with Gasteiger partial charge in [0.25, 0.3) is 11.5 Å². The quantitative estimate of drug-likeness (QED) is 0.943. The predicted molar refractivity (Wildman–Crippen MR) is 94.1 cm³/mol. The maximum Gasteiger partial charge on any atom is 0.261 e. The molecule has 1 aromatic carbocycles. The van der Waals surface area contributed by atoms with Crippen LogP contribution < -0.4 is 15.6 Å². The van der Waals surface area contributed by atoms with E-state index in [2.05, 4.69) is 5.32 Å². The van der Waals surface area contributed by atoms with Crippen molar-refractivity contribution in [2.75, 3.05) is 12.4 Å². The van der Waals surface area contributed by atoms with Crippen LogP contribution >= 0.6 is 0 Å².